The van der Waals surface area contributed by atoms with Gasteiger partial charge in [0.05, 0.1) is 30.7 Å². The number of benzene rings is 1. The van der Waals surface area contributed by atoms with E-state index in [0.29, 0.717) is 24.5 Å². The van der Waals surface area contributed by atoms with E-state index in [1.807, 2.05) is 4.90 Å². The molecule has 148 valence electrons. The third-order valence-corrected chi connectivity index (χ3v) is 4.44. The van der Waals surface area contributed by atoms with Gasteiger partial charge in [0.15, 0.2) is 0 Å². The molecule has 2 aliphatic rings. The summed E-state index contributed by atoms with van der Waals surface area (Å²) < 4.78 is 21.5. The van der Waals surface area contributed by atoms with Crippen LogP contribution in [-0.4, -0.2) is 59.9 Å². The standard InChI is InChI=1S/C16H19FN6O2.2ClH/c17-14-9-12(1-2-15(14)21-6-3-18-4-7-21)23-11-13(25-16(23)24)10-22-8-5-19-20-22;;/h1-2,5,8-9,13,18H,3-4,6-7,10-11H2;2*1H/t13-;;/m0../s1. The van der Waals surface area contributed by atoms with Crippen molar-refractivity contribution in [3.8, 4) is 0 Å². The Morgan fingerprint density at radius 3 is 2.70 bits per heavy atom. The predicted octanol–water partition coefficient (Wildman–Crippen LogP) is 1.70. The average Bonchev–Trinajstić information content (AvgIpc) is 3.25. The molecule has 2 aliphatic heterocycles. The molecule has 1 aromatic heterocycles. The van der Waals surface area contributed by atoms with E-state index in [-0.39, 0.29) is 36.7 Å². The number of hydrogen-bond donors (Lipinski definition) is 1. The van der Waals surface area contributed by atoms with Crippen LogP contribution >= 0.6 is 24.8 Å². The fourth-order valence-corrected chi connectivity index (χ4v) is 3.19. The molecule has 0 aliphatic carbocycles. The molecular weight excluding hydrogens is 398 g/mol. The van der Waals surface area contributed by atoms with Crippen LogP contribution in [0, 0.1) is 5.82 Å². The van der Waals surface area contributed by atoms with E-state index in [1.165, 1.54) is 11.0 Å². The molecule has 27 heavy (non-hydrogen) atoms. The van der Waals surface area contributed by atoms with Crippen LogP contribution in [0.25, 0.3) is 0 Å². The number of carbonyl (C=O) groups is 1. The molecule has 0 bridgehead atoms. The first kappa shape index (κ1) is 21.2. The third kappa shape index (κ3) is 4.60. The number of ether oxygens (including phenoxy) is 1. The summed E-state index contributed by atoms with van der Waals surface area (Å²) in [5.41, 5.74) is 1.07. The number of cyclic esters (lactones) is 1. The average molecular weight is 419 g/mol. The lowest BCUT2D eigenvalue weighted by Gasteiger charge is -2.30. The molecule has 1 aromatic carbocycles. The van der Waals surface area contributed by atoms with Gasteiger partial charge in [-0.25, -0.2) is 13.9 Å². The quantitative estimate of drug-likeness (QED) is 0.813. The van der Waals surface area contributed by atoms with Crippen molar-refractivity contribution in [2.24, 2.45) is 0 Å². The second-order valence-electron chi connectivity index (χ2n) is 6.11. The number of rotatable bonds is 4. The summed E-state index contributed by atoms with van der Waals surface area (Å²) >= 11 is 0. The number of carbonyl (C=O) groups excluding carboxylic acids is 1. The van der Waals surface area contributed by atoms with E-state index in [1.54, 1.807) is 29.2 Å². The summed E-state index contributed by atoms with van der Waals surface area (Å²) in [5.74, 6) is -0.327. The zero-order valence-electron chi connectivity index (χ0n) is 14.5. The van der Waals surface area contributed by atoms with Crippen molar-refractivity contribution in [2.75, 3.05) is 42.5 Å². The molecule has 0 saturated carbocycles. The van der Waals surface area contributed by atoms with Crippen molar-refractivity contribution in [3.05, 3.63) is 36.4 Å². The van der Waals surface area contributed by atoms with Gasteiger partial charge in [0.2, 0.25) is 0 Å². The molecule has 0 spiro atoms. The summed E-state index contributed by atoms with van der Waals surface area (Å²) in [4.78, 5) is 15.6. The molecule has 1 amide bonds. The van der Waals surface area contributed by atoms with Crippen LogP contribution in [0.4, 0.5) is 20.6 Å². The Morgan fingerprint density at radius 2 is 2.04 bits per heavy atom. The Morgan fingerprint density at radius 1 is 1.26 bits per heavy atom. The van der Waals surface area contributed by atoms with Gasteiger partial charge in [0.1, 0.15) is 11.9 Å². The van der Waals surface area contributed by atoms with Crippen LogP contribution in [0.2, 0.25) is 0 Å². The molecule has 8 nitrogen and oxygen atoms in total. The Kier molecular flexibility index (Phi) is 7.23. The number of aromatic nitrogens is 3. The second kappa shape index (κ2) is 9.20. The smallest absolute Gasteiger partial charge is 0.414 e. The molecule has 11 heteroatoms. The minimum atomic E-state index is -0.473. The SMILES string of the molecule is Cl.Cl.O=C1O[C@@H](Cn2ccnn2)CN1c1ccc(N2CCNCC2)c(F)c1. The van der Waals surface area contributed by atoms with E-state index < -0.39 is 6.09 Å². The lowest BCUT2D eigenvalue weighted by molar-refractivity contribution is 0.129. The Bertz CT molecular complexity index is 757. The molecular formula is C16H21Cl2FN6O2. The molecule has 1 N–H and O–H groups in total. The summed E-state index contributed by atoms with van der Waals surface area (Å²) in [5, 5.41) is 10.8. The van der Waals surface area contributed by atoms with Gasteiger partial charge in [-0.3, -0.25) is 4.90 Å². The normalized spacial score (nSPS) is 19.3. The number of amides is 1. The molecule has 2 saturated heterocycles. The summed E-state index contributed by atoms with van der Waals surface area (Å²) in [6, 6.07) is 4.89. The highest BCUT2D eigenvalue weighted by Gasteiger charge is 2.33. The van der Waals surface area contributed by atoms with Gasteiger partial charge >= 0.3 is 6.09 Å². The van der Waals surface area contributed by atoms with Crippen LogP contribution in [0.1, 0.15) is 0 Å². The van der Waals surface area contributed by atoms with Gasteiger partial charge in [0.25, 0.3) is 0 Å². The first-order valence-electron chi connectivity index (χ1n) is 8.28. The summed E-state index contributed by atoms with van der Waals surface area (Å²) in [7, 11) is 0. The molecule has 1 atom stereocenters. The Balaban J connectivity index is 0.00000131. The van der Waals surface area contributed by atoms with E-state index in [0.717, 1.165) is 26.2 Å². The molecule has 0 unspecified atom stereocenters. The van der Waals surface area contributed by atoms with Crippen LogP contribution in [0.15, 0.2) is 30.6 Å². The predicted molar refractivity (Wildman–Crippen MR) is 104 cm³/mol. The highest BCUT2D eigenvalue weighted by molar-refractivity contribution is 5.90. The maximum absolute atomic E-state index is 14.6. The first-order chi connectivity index (χ1) is 12.2. The monoisotopic (exact) mass is 418 g/mol. The fourth-order valence-electron chi connectivity index (χ4n) is 3.19. The first-order valence-corrected chi connectivity index (χ1v) is 8.28. The van der Waals surface area contributed by atoms with Gasteiger partial charge in [-0.15, -0.1) is 29.9 Å². The Labute approximate surface area is 168 Å². The van der Waals surface area contributed by atoms with E-state index >= 15 is 0 Å². The highest BCUT2D eigenvalue weighted by Crippen LogP contribution is 2.28. The van der Waals surface area contributed by atoms with Crippen molar-refractivity contribution < 1.29 is 13.9 Å². The van der Waals surface area contributed by atoms with E-state index in [9.17, 15) is 9.18 Å². The minimum absolute atomic E-state index is 0. The van der Waals surface area contributed by atoms with Crippen molar-refractivity contribution in [2.45, 2.75) is 12.6 Å². The highest BCUT2D eigenvalue weighted by atomic mass is 35.5. The van der Waals surface area contributed by atoms with Crippen molar-refractivity contribution in [1.29, 1.82) is 0 Å². The lowest BCUT2D eigenvalue weighted by Crippen LogP contribution is -2.43. The second-order valence-corrected chi connectivity index (χ2v) is 6.11. The molecule has 4 rings (SSSR count). The number of anilines is 2. The zero-order chi connectivity index (χ0) is 17.2. The third-order valence-electron chi connectivity index (χ3n) is 4.44. The summed E-state index contributed by atoms with van der Waals surface area (Å²) in [6.45, 7) is 3.98. The minimum Gasteiger partial charge on any atom is -0.442 e. The van der Waals surface area contributed by atoms with Gasteiger partial charge in [0, 0.05) is 32.4 Å². The number of piperazine rings is 1. The van der Waals surface area contributed by atoms with Crippen molar-refractivity contribution >= 4 is 42.3 Å². The van der Waals surface area contributed by atoms with Crippen LogP contribution < -0.4 is 15.1 Å². The van der Waals surface area contributed by atoms with Crippen molar-refractivity contribution in [3.63, 3.8) is 0 Å². The molecule has 2 fully saturated rings. The van der Waals surface area contributed by atoms with Crippen LogP contribution in [-0.2, 0) is 11.3 Å². The zero-order valence-corrected chi connectivity index (χ0v) is 16.1. The van der Waals surface area contributed by atoms with Gasteiger partial charge in [-0.05, 0) is 18.2 Å². The molecule has 0 radical (unpaired) electrons. The van der Waals surface area contributed by atoms with Gasteiger partial charge in [-0.1, -0.05) is 5.21 Å². The number of hydrogen-bond acceptors (Lipinski definition) is 6. The number of nitrogens with zero attached hydrogens (tertiary/aromatic N) is 5. The maximum atomic E-state index is 14.6. The topological polar surface area (TPSA) is 75.5 Å². The fraction of sp³-hybridized carbons (Fsp3) is 0.438. The largest absolute Gasteiger partial charge is 0.442 e. The molecule has 2 aromatic rings. The maximum Gasteiger partial charge on any atom is 0.414 e. The van der Waals surface area contributed by atoms with Crippen LogP contribution in [0.3, 0.4) is 0 Å². The van der Waals surface area contributed by atoms with Gasteiger partial charge in [-0.2, -0.15) is 0 Å². The van der Waals surface area contributed by atoms with E-state index in [2.05, 4.69) is 15.6 Å². The summed E-state index contributed by atoms with van der Waals surface area (Å²) in [6.07, 6.45) is 2.46. The lowest BCUT2D eigenvalue weighted by atomic mass is 10.2. The van der Waals surface area contributed by atoms with Crippen LogP contribution in [0.5, 0.6) is 0 Å². The van der Waals surface area contributed by atoms with Gasteiger partial charge < -0.3 is 15.0 Å². The number of nitrogens with one attached hydrogen (secondary N) is 1. The number of halogens is 3. The van der Waals surface area contributed by atoms with Crippen molar-refractivity contribution in [1.82, 2.24) is 20.3 Å². The molecule has 3 heterocycles. The Hall–Kier alpha value is -2.10. The van der Waals surface area contributed by atoms with E-state index in [4.69, 9.17) is 4.74 Å².